The highest BCUT2D eigenvalue weighted by Gasteiger charge is 2.14. The number of ether oxygens (including phenoxy) is 1. The zero-order valence-electron chi connectivity index (χ0n) is 15.4. The SMILES string of the molecule is Cc1nc(CNC(=O)c2cc(COc3cccc4cnccc34)on2)sc1C. The molecule has 8 heteroatoms. The van der Waals surface area contributed by atoms with Crippen LogP contribution in [0.4, 0.5) is 0 Å². The second-order valence-corrected chi connectivity index (χ2v) is 7.54. The van der Waals surface area contributed by atoms with E-state index in [1.807, 2.05) is 38.1 Å². The topological polar surface area (TPSA) is 90.1 Å². The molecule has 4 rings (SSSR count). The van der Waals surface area contributed by atoms with Gasteiger partial charge < -0.3 is 14.6 Å². The zero-order valence-corrected chi connectivity index (χ0v) is 16.2. The molecule has 1 amide bonds. The number of hydrogen-bond acceptors (Lipinski definition) is 7. The summed E-state index contributed by atoms with van der Waals surface area (Å²) in [5, 5.41) is 9.45. The highest BCUT2D eigenvalue weighted by atomic mass is 32.1. The van der Waals surface area contributed by atoms with E-state index in [0.717, 1.165) is 32.1 Å². The number of rotatable bonds is 6. The Kier molecular flexibility index (Phi) is 5.03. The van der Waals surface area contributed by atoms with E-state index in [0.29, 0.717) is 12.3 Å². The second kappa shape index (κ2) is 7.77. The van der Waals surface area contributed by atoms with Crippen LogP contribution in [0.25, 0.3) is 10.8 Å². The number of thiazole rings is 1. The first kappa shape index (κ1) is 18.1. The minimum absolute atomic E-state index is 0.173. The minimum atomic E-state index is -0.309. The molecule has 0 aliphatic rings. The van der Waals surface area contributed by atoms with Crippen LogP contribution >= 0.6 is 11.3 Å². The third kappa shape index (κ3) is 3.86. The van der Waals surface area contributed by atoms with E-state index < -0.39 is 0 Å². The van der Waals surface area contributed by atoms with Gasteiger partial charge in [-0.15, -0.1) is 11.3 Å². The number of benzene rings is 1. The van der Waals surface area contributed by atoms with Crippen molar-refractivity contribution in [1.29, 1.82) is 0 Å². The maximum atomic E-state index is 12.3. The first-order chi connectivity index (χ1) is 13.6. The molecule has 0 radical (unpaired) electrons. The van der Waals surface area contributed by atoms with Crippen LogP contribution in [0, 0.1) is 13.8 Å². The Morgan fingerprint density at radius 3 is 3.00 bits per heavy atom. The van der Waals surface area contributed by atoms with Crippen molar-refractivity contribution in [1.82, 2.24) is 20.4 Å². The van der Waals surface area contributed by atoms with Gasteiger partial charge in [0.05, 0.1) is 12.2 Å². The van der Waals surface area contributed by atoms with Crippen molar-refractivity contribution in [2.24, 2.45) is 0 Å². The van der Waals surface area contributed by atoms with E-state index in [1.165, 1.54) is 0 Å². The number of nitrogens with one attached hydrogen (secondary N) is 1. The normalized spacial score (nSPS) is 10.9. The highest BCUT2D eigenvalue weighted by molar-refractivity contribution is 7.11. The largest absolute Gasteiger partial charge is 0.485 e. The molecule has 1 N–H and O–H groups in total. The van der Waals surface area contributed by atoms with Gasteiger partial charge in [0.15, 0.2) is 11.5 Å². The van der Waals surface area contributed by atoms with Gasteiger partial charge in [0.1, 0.15) is 17.4 Å². The number of amides is 1. The van der Waals surface area contributed by atoms with Crippen molar-refractivity contribution in [2.45, 2.75) is 27.0 Å². The highest BCUT2D eigenvalue weighted by Crippen LogP contribution is 2.25. The molecule has 4 aromatic rings. The standard InChI is InChI=1S/C20H18N4O3S/c1-12-13(2)28-19(23-12)10-22-20(25)17-8-15(27-24-17)11-26-18-5-3-4-14-9-21-7-6-16(14)18/h3-9H,10-11H2,1-2H3,(H,22,25). The van der Waals surface area contributed by atoms with E-state index >= 15 is 0 Å². The molecule has 0 aliphatic heterocycles. The second-order valence-electron chi connectivity index (χ2n) is 6.25. The molecule has 0 saturated carbocycles. The lowest BCUT2D eigenvalue weighted by molar-refractivity contribution is 0.0941. The fourth-order valence-corrected chi connectivity index (χ4v) is 3.59. The summed E-state index contributed by atoms with van der Waals surface area (Å²) in [5.74, 6) is 0.880. The van der Waals surface area contributed by atoms with Crippen molar-refractivity contribution in [3.63, 3.8) is 0 Å². The van der Waals surface area contributed by atoms with Crippen LogP contribution in [-0.4, -0.2) is 21.0 Å². The molecule has 0 unspecified atom stereocenters. The monoisotopic (exact) mass is 394 g/mol. The summed E-state index contributed by atoms with van der Waals surface area (Å²) < 4.78 is 11.1. The molecule has 3 aromatic heterocycles. The van der Waals surface area contributed by atoms with Gasteiger partial charge in [0.25, 0.3) is 5.91 Å². The van der Waals surface area contributed by atoms with Gasteiger partial charge in [0, 0.05) is 34.1 Å². The molecule has 0 atom stereocenters. The van der Waals surface area contributed by atoms with Crippen LogP contribution in [0.1, 0.15) is 31.8 Å². The van der Waals surface area contributed by atoms with Crippen molar-refractivity contribution in [3.8, 4) is 5.75 Å². The Morgan fingerprint density at radius 2 is 2.18 bits per heavy atom. The molecule has 28 heavy (non-hydrogen) atoms. The molecular weight excluding hydrogens is 376 g/mol. The van der Waals surface area contributed by atoms with Gasteiger partial charge in [-0.1, -0.05) is 17.3 Å². The first-order valence-electron chi connectivity index (χ1n) is 8.72. The quantitative estimate of drug-likeness (QED) is 0.535. The lowest BCUT2D eigenvalue weighted by Crippen LogP contribution is -2.23. The average molecular weight is 394 g/mol. The van der Waals surface area contributed by atoms with Crippen LogP contribution in [0.3, 0.4) is 0 Å². The fourth-order valence-electron chi connectivity index (χ4n) is 2.72. The summed E-state index contributed by atoms with van der Waals surface area (Å²) >= 11 is 1.57. The van der Waals surface area contributed by atoms with Crippen molar-refractivity contribution < 1.29 is 14.1 Å². The van der Waals surface area contributed by atoms with Crippen LogP contribution in [0.15, 0.2) is 47.2 Å². The number of aryl methyl sites for hydroxylation is 2. The van der Waals surface area contributed by atoms with Gasteiger partial charge in [-0.2, -0.15) is 0 Å². The summed E-state index contributed by atoms with van der Waals surface area (Å²) in [6.07, 6.45) is 3.50. The molecule has 0 aliphatic carbocycles. The summed E-state index contributed by atoms with van der Waals surface area (Å²) in [6, 6.07) is 9.23. The number of carbonyl (C=O) groups excluding carboxylic acids is 1. The number of pyridine rings is 1. The van der Waals surface area contributed by atoms with E-state index in [1.54, 1.807) is 29.8 Å². The predicted octanol–water partition coefficient (Wildman–Crippen LogP) is 3.81. The minimum Gasteiger partial charge on any atom is -0.485 e. The fraction of sp³-hybridized carbons (Fsp3) is 0.200. The van der Waals surface area contributed by atoms with E-state index in [-0.39, 0.29) is 18.2 Å². The van der Waals surface area contributed by atoms with Crippen LogP contribution in [0.2, 0.25) is 0 Å². The molecule has 0 bridgehead atoms. The average Bonchev–Trinajstić information content (AvgIpc) is 3.31. The smallest absolute Gasteiger partial charge is 0.273 e. The van der Waals surface area contributed by atoms with Crippen molar-refractivity contribution in [3.05, 3.63) is 69.8 Å². The molecule has 142 valence electrons. The van der Waals surface area contributed by atoms with Gasteiger partial charge in [0.2, 0.25) is 0 Å². The number of fused-ring (bicyclic) bond motifs is 1. The first-order valence-corrected chi connectivity index (χ1v) is 9.54. The number of aromatic nitrogens is 3. The summed E-state index contributed by atoms with van der Waals surface area (Å²) in [4.78, 5) is 21.9. The molecule has 1 aromatic carbocycles. The number of hydrogen-bond donors (Lipinski definition) is 1. The summed E-state index contributed by atoms with van der Waals surface area (Å²) in [7, 11) is 0. The maximum Gasteiger partial charge on any atom is 0.273 e. The van der Waals surface area contributed by atoms with Gasteiger partial charge in [-0.3, -0.25) is 9.78 Å². The molecule has 0 spiro atoms. The van der Waals surface area contributed by atoms with Crippen molar-refractivity contribution in [2.75, 3.05) is 0 Å². The summed E-state index contributed by atoms with van der Waals surface area (Å²) in [6.45, 7) is 4.50. The third-order valence-corrected chi connectivity index (χ3v) is 5.35. The molecule has 7 nitrogen and oxygen atoms in total. The van der Waals surface area contributed by atoms with Crippen molar-refractivity contribution >= 4 is 28.0 Å². The number of carbonyl (C=O) groups is 1. The van der Waals surface area contributed by atoms with E-state index in [9.17, 15) is 4.79 Å². The van der Waals surface area contributed by atoms with Crippen LogP contribution in [0.5, 0.6) is 5.75 Å². The number of nitrogens with zero attached hydrogens (tertiary/aromatic N) is 3. The molecular formula is C20H18N4O3S. The molecule has 0 fully saturated rings. The van der Waals surface area contributed by atoms with E-state index in [2.05, 4.69) is 20.4 Å². The van der Waals surface area contributed by atoms with E-state index in [4.69, 9.17) is 9.26 Å². The van der Waals surface area contributed by atoms with Crippen LogP contribution < -0.4 is 10.1 Å². The summed E-state index contributed by atoms with van der Waals surface area (Å²) in [5.41, 5.74) is 1.20. The Labute approximate surface area is 165 Å². The lowest BCUT2D eigenvalue weighted by Gasteiger charge is -2.07. The Bertz CT molecular complexity index is 1110. The Morgan fingerprint density at radius 1 is 1.29 bits per heavy atom. The van der Waals surface area contributed by atoms with Gasteiger partial charge in [-0.25, -0.2) is 4.98 Å². The van der Waals surface area contributed by atoms with Gasteiger partial charge in [-0.05, 0) is 26.0 Å². The third-order valence-electron chi connectivity index (χ3n) is 4.28. The lowest BCUT2D eigenvalue weighted by atomic mass is 10.1. The molecule has 0 saturated heterocycles. The van der Waals surface area contributed by atoms with Gasteiger partial charge >= 0.3 is 0 Å². The predicted molar refractivity (Wildman–Crippen MR) is 105 cm³/mol. The molecule has 3 heterocycles. The Hall–Kier alpha value is -3.26. The van der Waals surface area contributed by atoms with Crippen LogP contribution in [-0.2, 0) is 13.2 Å². The maximum absolute atomic E-state index is 12.3. The Balaban J connectivity index is 1.38. The zero-order chi connectivity index (χ0) is 19.5.